The Morgan fingerprint density at radius 3 is 2.40 bits per heavy atom. The van der Waals surface area contributed by atoms with Crippen molar-refractivity contribution < 1.29 is 13.2 Å². The average Bonchev–Trinajstić information content (AvgIpc) is 2.62. The molecule has 0 radical (unpaired) electrons. The fourth-order valence-corrected chi connectivity index (χ4v) is 3.42. The maximum Gasteiger partial charge on any atom is 0.256 e. The summed E-state index contributed by atoms with van der Waals surface area (Å²) in [6.45, 7) is 3.24. The van der Waals surface area contributed by atoms with E-state index in [1.165, 1.54) is 24.3 Å². The molecule has 0 fully saturated rings. The number of amides is 1. The summed E-state index contributed by atoms with van der Waals surface area (Å²) < 4.78 is 24.3. The predicted octanol–water partition coefficient (Wildman–Crippen LogP) is 3.06. The molecule has 0 unspecified atom stereocenters. The summed E-state index contributed by atoms with van der Waals surface area (Å²) in [5.41, 5.74) is 0.352. The Hall–Kier alpha value is -2.80. The Morgan fingerprint density at radius 2 is 1.72 bits per heavy atom. The van der Waals surface area contributed by atoms with Crippen molar-refractivity contribution in [3.63, 3.8) is 0 Å². The summed E-state index contributed by atoms with van der Waals surface area (Å²) >= 11 is 0. The van der Waals surface area contributed by atoms with E-state index >= 15 is 0 Å². The number of benzene rings is 1. The zero-order chi connectivity index (χ0) is 18.0. The molecule has 0 aliphatic heterocycles. The van der Waals surface area contributed by atoms with Crippen LogP contribution in [0, 0.1) is 0 Å². The Kier molecular flexibility index (Phi) is 4.50. The number of nitrogens with zero attached hydrogens (tertiary/aromatic N) is 2. The highest BCUT2D eigenvalue weighted by molar-refractivity contribution is 7.92. The van der Waals surface area contributed by atoms with Gasteiger partial charge in [0.15, 0.2) is 9.84 Å². The van der Waals surface area contributed by atoms with Crippen LogP contribution < -0.4 is 5.32 Å². The molecule has 0 saturated heterocycles. The highest BCUT2D eigenvalue weighted by atomic mass is 32.2. The second-order valence-electron chi connectivity index (χ2n) is 5.83. The molecule has 2 aromatic heterocycles. The number of sulfone groups is 1. The predicted molar refractivity (Wildman–Crippen MR) is 96.3 cm³/mol. The molecule has 0 saturated carbocycles. The summed E-state index contributed by atoms with van der Waals surface area (Å²) in [4.78, 5) is 20.9. The van der Waals surface area contributed by atoms with Gasteiger partial charge in [0.1, 0.15) is 5.82 Å². The lowest BCUT2D eigenvalue weighted by Gasteiger charge is -2.09. The van der Waals surface area contributed by atoms with E-state index in [0.717, 1.165) is 10.8 Å². The van der Waals surface area contributed by atoms with Crippen molar-refractivity contribution in [1.29, 1.82) is 0 Å². The van der Waals surface area contributed by atoms with Gasteiger partial charge in [-0.15, -0.1) is 0 Å². The third kappa shape index (κ3) is 3.36. The summed E-state index contributed by atoms with van der Waals surface area (Å²) in [6.07, 6.45) is 4.91. The van der Waals surface area contributed by atoms with Crippen molar-refractivity contribution in [2.24, 2.45) is 0 Å². The molecule has 1 amide bonds. The number of anilines is 1. The van der Waals surface area contributed by atoms with Crippen molar-refractivity contribution >= 4 is 32.3 Å². The number of carbonyl (C=O) groups is 1. The van der Waals surface area contributed by atoms with E-state index in [1.807, 2.05) is 12.1 Å². The molecule has 1 aromatic carbocycles. The minimum atomic E-state index is -3.36. The van der Waals surface area contributed by atoms with E-state index in [9.17, 15) is 13.2 Å². The highest BCUT2D eigenvalue weighted by Gasteiger charge is 2.19. The molecule has 6 nitrogen and oxygen atoms in total. The molecule has 0 atom stereocenters. The molecular formula is C18H17N3O3S. The molecule has 3 aromatic rings. The summed E-state index contributed by atoms with van der Waals surface area (Å²) in [5.74, 6) is 0.0480. The average molecular weight is 355 g/mol. The number of fused-ring (bicyclic) bond motifs is 1. The molecule has 2 heterocycles. The molecule has 25 heavy (non-hydrogen) atoms. The minimum absolute atomic E-state index is 0.200. The van der Waals surface area contributed by atoms with Crippen LogP contribution in [0.3, 0.4) is 0 Å². The normalized spacial score (nSPS) is 11.6. The van der Waals surface area contributed by atoms with Gasteiger partial charge in [0.2, 0.25) is 0 Å². The SMILES string of the molecule is CC(C)S(=O)(=O)c1ccc(C(=O)Nc2nccc3ccncc23)cc1. The van der Waals surface area contributed by atoms with Crippen molar-refractivity contribution in [3.05, 3.63) is 60.6 Å². The molecular weight excluding hydrogens is 338 g/mol. The first kappa shape index (κ1) is 17.0. The quantitative estimate of drug-likeness (QED) is 0.777. The van der Waals surface area contributed by atoms with E-state index in [0.29, 0.717) is 11.4 Å². The van der Waals surface area contributed by atoms with Crippen LogP contribution >= 0.6 is 0 Å². The number of aromatic nitrogens is 2. The summed E-state index contributed by atoms with van der Waals surface area (Å²) in [5, 5.41) is 3.88. The van der Waals surface area contributed by atoms with Gasteiger partial charge in [-0.1, -0.05) is 0 Å². The van der Waals surface area contributed by atoms with Gasteiger partial charge in [0.05, 0.1) is 10.1 Å². The monoisotopic (exact) mass is 355 g/mol. The maximum absolute atomic E-state index is 12.4. The van der Waals surface area contributed by atoms with Crippen LogP contribution in [0.15, 0.2) is 59.9 Å². The van der Waals surface area contributed by atoms with Crippen LogP contribution in [0.25, 0.3) is 10.8 Å². The van der Waals surface area contributed by atoms with E-state index in [4.69, 9.17) is 0 Å². The van der Waals surface area contributed by atoms with Gasteiger partial charge in [0.25, 0.3) is 5.91 Å². The van der Waals surface area contributed by atoms with Gasteiger partial charge in [-0.25, -0.2) is 13.4 Å². The largest absolute Gasteiger partial charge is 0.306 e. The smallest absolute Gasteiger partial charge is 0.256 e. The van der Waals surface area contributed by atoms with Gasteiger partial charge < -0.3 is 5.32 Å². The number of nitrogens with one attached hydrogen (secondary N) is 1. The number of hydrogen-bond donors (Lipinski definition) is 1. The van der Waals surface area contributed by atoms with Crippen molar-refractivity contribution in [1.82, 2.24) is 9.97 Å². The van der Waals surface area contributed by atoms with Crippen LogP contribution in [0.5, 0.6) is 0 Å². The third-order valence-corrected chi connectivity index (χ3v) is 6.04. The van der Waals surface area contributed by atoms with Crippen LogP contribution in [-0.4, -0.2) is 29.5 Å². The first-order valence-electron chi connectivity index (χ1n) is 7.73. The Bertz CT molecular complexity index is 1020. The Morgan fingerprint density at radius 1 is 1.04 bits per heavy atom. The Balaban J connectivity index is 1.87. The molecule has 0 bridgehead atoms. The second-order valence-corrected chi connectivity index (χ2v) is 8.33. The molecule has 7 heteroatoms. The first-order chi connectivity index (χ1) is 11.9. The number of pyridine rings is 2. The van der Waals surface area contributed by atoms with Crippen LogP contribution in [0.4, 0.5) is 5.82 Å². The zero-order valence-corrected chi connectivity index (χ0v) is 14.6. The van der Waals surface area contributed by atoms with E-state index in [-0.39, 0.29) is 10.8 Å². The number of carbonyl (C=O) groups excluding carboxylic acids is 1. The highest BCUT2D eigenvalue weighted by Crippen LogP contribution is 2.21. The summed E-state index contributed by atoms with van der Waals surface area (Å²) in [6, 6.07) is 9.54. The molecule has 1 N–H and O–H groups in total. The third-order valence-electron chi connectivity index (χ3n) is 3.87. The van der Waals surface area contributed by atoms with Crippen LogP contribution in [0.1, 0.15) is 24.2 Å². The molecule has 0 spiro atoms. The number of hydrogen-bond acceptors (Lipinski definition) is 5. The van der Waals surface area contributed by atoms with Gasteiger partial charge in [-0.3, -0.25) is 9.78 Å². The summed E-state index contributed by atoms with van der Waals surface area (Å²) in [7, 11) is -3.36. The zero-order valence-electron chi connectivity index (χ0n) is 13.8. The van der Waals surface area contributed by atoms with Crippen molar-refractivity contribution in [2.45, 2.75) is 24.0 Å². The second kappa shape index (κ2) is 6.60. The lowest BCUT2D eigenvalue weighted by atomic mass is 10.2. The van der Waals surface area contributed by atoms with Crippen molar-refractivity contribution in [2.75, 3.05) is 5.32 Å². The fourth-order valence-electron chi connectivity index (χ4n) is 2.36. The van der Waals surface area contributed by atoms with Crippen molar-refractivity contribution in [3.8, 4) is 0 Å². The van der Waals surface area contributed by atoms with Gasteiger partial charge in [-0.2, -0.15) is 0 Å². The number of rotatable bonds is 4. The van der Waals surface area contributed by atoms with E-state index < -0.39 is 15.1 Å². The molecule has 0 aliphatic carbocycles. The fraction of sp³-hybridized carbons (Fsp3) is 0.167. The first-order valence-corrected chi connectivity index (χ1v) is 9.28. The van der Waals surface area contributed by atoms with E-state index in [1.54, 1.807) is 32.4 Å². The lowest BCUT2D eigenvalue weighted by molar-refractivity contribution is 0.102. The Labute approximate surface area is 145 Å². The van der Waals surface area contributed by atoms with E-state index in [2.05, 4.69) is 15.3 Å². The maximum atomic E-state index is 12.4. The molecule has 128 valence electrons. The van der Waals surface area contributed by atoms with Crippen LogP contribution in [-0.2, 0) is 9.84 Å². The van der Waals surface area contributed by atoms with Gasteiger partial charge in [0, 0.05) is 29.5 Å². The standard InChI is InChI=1S/C18H17N3O3S/c1-12(2)25(23,24)15-5-3-14(4-6-15)18(22)21-17-16-11-19-9-7-13(16)8-10-20-17/h3-12H,1-2H3,(H,20,21,22). The van der Waals surface area contributed by atoms with Gasteiger partial charge in [-0.05, 0) is 55.6 Å². The molecule has 3 rings (SSSR count). The minimum Gasteiger partial charge on any atom is -0.306 e. The topological polar surface area (TPSA) is 89.0 Å². The molecule has 0 aliphatic rings. The lowest BCUT2D eigenvalue weighted by Crippen LogP contribution is -2.16. The van der Waals surface area contributed by atoms with Crippen LogP contribution in [0.2, 0.25) is 0 Å². The van der Waals surface area contributed by atoms with Gasteiger partial charge >= 0.3 is 0 Å².